The minimum atomic E-state index is -1.08. The van der Waals surface area contributed by atoms with E-state index < -0.39 is 29.2 Å². The molecule has 344 valence electrons. The van der Waals surface area contributed by atoms with Crippen molar-refractivity contribution in [3.63, 3.8) is 0 Å². The van der Waals surface area contributed by atoms with Crippen LogP contribution < -0.4 is 4.90 Å². The van der Waals surface area contributed by atoms with Gasteiger partial charge in [-0.2, -0.15) is 0 Å². The van der Waals surface area contributed by atoms with Crippen molar-refractivity contribution >= 4 is 17.4 Å². The van der Waals surface area contributed by atoms with Crippen molar-refractivity contribution in [1.82, 2.24) is 0 Å². The molecular weight excluding hydrogens is 794 g/mol. The van der Waals surface area contributed by atoms with Crippen molar-refractivity contribution in [3.8, 4) is 11.8 Å². The van der Waals surface area contributed by atoms with Gasteiger partial charge in [0.1, 0.15) is 11.4 Å². The van der Waals surface area contributed by atoms with E-state index in [-0.39, 0.29) is 76.4 Å². The maximum absolute atomic E-state index is 16.5. The van der Waals surface area contributed by atoms with E-state index in [1.807, 2.05) is 24.1 Å². The third kappa shape index (κ3) is 7.30. The van der Waals surface area contributed by atoms with E-state index in [2.05, 4.69) is 45.6 Å². The fraction of sp³-hybridized carbons (Fsp3) is 0.741. The summed E-state index contributed by atoms with van der Waals surface area (Å²) >= 11 is 0. The lowest BCUT2D eigenvalue weighted by Gasteiger charge is -2.63. The van der Waals surface area contributed by atoms with Crippen LogP contribution in [-0.2, 0) is 14.3 Å². The van der Waals surface area contributed by atoms with Crippen molar-refractivity contribution in [2.45, 2.75) is 167 Å². The molecule has 0 saturated heterocycles. The molecule has 0 radical (unpaired) electrons. The van der Waals surface area contributed by atoms with Gasteiger partial charge in [0.15, 0.2) is 5.78 Å². The summed E-state index contributed by atoms with van der Waals surface area (Å²) in [7, 11) is 1.92. The lowest BCUT2D eigenvalue weighted by molar-refractivity contribution is -0.209. The van der Waals surface area contributed by atoms with Gasteiger partial charge in [-0.15, -0.1) is 5.92 Å². The number of anilines is 1. The standard InChI is InChI=1S/C54H74FNO7/c1-7-20-54(62)22-19-41-38-12-9-32-25-35(57)11-13-37(32)49(38)39(30-52(41,54)4)33-10-16-45(44(55)26-33)56(6)23-24-63-36-18-21-51(3)34(27-36)28-46(58)50-42-15-14-40(31(2)8-17-48(60)61)53(42,5)47(59)29-43(50)51/h10,16,25-26,31,34,36,38-43,46-47,50,58-59,62H,8-9,11-15,17-19,21-24,27-30H2,1-6H3,(H,60,61)/t31-,34+,36+,38?,39-,40-,41?,42+,43+,46-,47+,50+,51+,52+,53-,54+/m1/s1. The molecule has 6 saturated carbocycles. The number of ketones is 1. The average Bonchev–Trinajstić information content (AvgIpc) is 3.73. The summed E-state index contributed by atoms with van der Waals surface area (Å²) in [6, 6.07) is 5.71. The van der Waals surface area contributed by atoms with Crippen LogP contribution in [0, 0.1) is 81.2 Å². The lowest BCUT2D eigenvalue weighted by Crippen LogP contribution is -2.62. The molecule has 4 N–H and O–H groups in total. The fourth-order valence-electron chi connectivity index (χ4n) is 16.7. The number of aliphatic carboxylic acids is 1. The number of rotatable bonds is 10. The number of aliphatic hydroxyl groups is 3. The number of carboxylic acids is 1. The van der Waals surface area contributed by atoms with Crippen LogP contribution in [0.1, 0.15) is 149 Å². The van der Waals surface area contributed by atoms with Crippen LogP contribution in [0.15, 0.2) is 41.0 Å². The summed E-state index contributed by atoms with van der Waals surface area (Å²) in [6.07, 6.45) is 13.3. The third-order valence-electron chi connectivity index (χ3n) is 20.1. The molecule has 9 rings (SSSR count). The summed E-state index contributed by atoms with van der Waals surface area (Å²) in [6.45, 7) is 11.8. The molecule has 63 heavy (non-hydrogen) atoms. The van der Waals surface area contributed by atoms with Gasteiger partial charge in [-0.05, 0) is 190 Å². The van der Waals surface area contributed by atoms with E-state index in [1.54, 1.807) is 13.0 Å². The number of hydrogen-bond acceptors (Lipinski definition) is 7. The summed E-state index contributed by atoms with van der Waals surface area (Å²) in [5.74, 6) is 7.31. The van der Waals surface area contributed by atoms with E-state index in [0.717, 1.165) is 75.3 Å². The molecule has 0 spiro atoms. The van der Waals surface area contributed by atoms with Gasteiger partial charge >= 0.3 is 5.97 Å². The molecule has 8 aliphatic rings. The van der Waals surface area contributed by atoms with Crippen LogP contribution in [0.4, 0.5) is 10.1 Å². The van der Waals surface area contributed by atoms with Gasteiger partial charge in [-0.25, -0.2) is 4.39 Å². The zero-order valence-corrected chi connectivity index (χ0v) is 38.8. The number of carboxylic acid groups (broad SMARTS) is 1. The van der Waals surface area contributed by atoms with Crippen LogP contribution in [0.5, 0.6) is 0 Å². The van der Waals surface area contributed by atoms with Crippen LogP contribution in [0.25, 0.3) is 0 Å². The van der Waals surface area contributed by atoms with Gasteiger partial charge in [0.05, 0.1) is 30.6 Å². The zero-order chi connectivity index (χ0) is 44.8. The maximum Gasteiger partial charge on any atom is 0.303 e. The topological polar surface area (TPSA) is 128 Å². The first-order valence-electron chi connectivity index (χ1n) is 24.8. The van der Waals surface area contributed by atoms with E-state index in [9.17, 15) is 30.0 Å². The van der Waals surface area contributed by atoms with Gasteiger partial charge < -0.3 is 30.1 Å². The lowest BCUT2D eigenvalue weighted by atomic mass is 9.43. The Bertz CT molecular complexity index is 2100. The summed E-state index contributed by atoms with van der Waals surface area (Å²) < 4.78 is 23.0. The number of carbonyl (C=O) groups is 2. The van der Waals surface area contributed by atoms with E-state index >= 15 is 4.39 Å². The Hall–Kier alpha value is -3.03. The number of allylic oxidation sites excluding steroid dienone is 4. The Morgan fingerprint density at radius 1 is 1.00 bits per heavy atom. The molecule has 9 heteroatoms. The van der Waals surface area contributed by atoms with Crippen LogP contribution in [0.2, 0.25) is 0 Å². The SMILES string of the molecule is CC#C[C@]1(O)CCC2C3CCC4=CC(=O)CCC4=C3[C@@H](c3ccc(N(C)CCO[C@H]4CC[C@@]5(C)[C@@H](C4)C[C@@H](O)[C@@H]4[C@@H]5C[C@H](O)[C@]5(C)[C@@H]([C@H](C)CCC(=O)O)CC[C@@H]45)c(F)c3)C[C@@]21C. The molecule has 16 atom stereocenters. The second kappa shape index (κ2) is 16.7. The molecule has 8 nitrogen and oxygen atoms in total. The Morgan fingerprint density at radius 2 is 1.79 bits per heavy atom. The predicted octanol–water partition coefficient (Wildman–Crippen LogP) is 9.40. The molecule has 6 fully saturated rings. The third-order valence-corrected chi connectivity index (χ3v) is 20.1. The van der Waals surface area contributed by atoms with Gasteiger partial charge in [0.2, 0.25) is 0 Å². The number of carbonyl (C=O) groups excluding carboxylic acids is 1. The van der Waals surface area contributed by atoms with Crippen molar-refractivity contribution in [1.29, 1.82) is 0 Å². The molecule has 0 aromatic heterocycles. The van der Waals surface area contributed by atoms with Gasteiger partial charge in [-0.1, -0.05) is 45.3 Å². The number of nitrogens with zero attached hydrogens (tertiary/aromatic N) is 1. The molecule has 0 bridgehead atoms. The average molecular weight is 868 g/mol. The first-order valence-corrected chi connectivity index (χ1v) is 24.8. The van der Waals surface area contributed by atoms with Crippen molar-refractivity contribution in [3.05, 3.63) is 52.4 Å². The molecule has 1 aromatic rings. The van der Waals surface area contributed by atoms with Crippen LogP contribution in [0.3, 0.4) is 0 Å². The van der Waals surface area contributed by atoms with Crippen molar-refractivity contribution < 1.29 is 39.1 Å². The molecule has 1 aromatic carbocycles. The minimum absolute atomic E-state index is 0.0119. The van der Waals surface area contributed by atoms with Crippen LogP contribution >= 0.6 is 0 Å². The highest BCUT2D eigenvalue weighted by molar-refractivity contribution is 5.93. The van der Waals surface area contributed by atoms with E-state index in [4.69, 9.17) is 4.74 Å². The first-order chi connectivity index (χ1) is 29.9. The van der Waals surface area contributed by atoms with Gasteiger partial charge in [-0.3, -0.25) is 9.59 Å². The summed E-state index contributed by atoms with van der Waals surface area (Å²) in [5.41, 5.74) is 3.50. The number of benzene rings is 1. The quantitative estimate of drug-likeness (QED) is 0.172. The second-order valence-corrected chi connectivity index (χ2v) is 22.7. The van der Waals surface area contributed by atoms with Crippen LogP contribution in [-0.4, -0.2) is 76.3 Å². The second-order valence-electron chi connectivity index (χ2n) is 22.7. The highest BCUT2D eigenvalue weighted by Gasteiger charge is 2.66. The van der Waals surface area contributed by atoms with Crippen molar-refractivity contribution in [2.24, 2.45) is 63.6 Å². The molecule has 0 aliphatic heterocycles. The monoisotopic (exact) mass is 868 g/mol. The Balaban J connectivity index is 0.857. The smallest absolute Gasteiger partial charge is 0.303 e. The molecule has 8 aliphatic carbocycles. The number of likely N-dealkylation sites (N-methyl/N-ethyl adjacent to an activating group) is 1. The summed E-state index contributed by atoms with van der Waals surface area (Å²) in [5, 5.41) is 45.3. The zero-order valence-electron chi connectivity index (χ0n) is 38.8. The normalized spacial score (nSPS) is 43.2. The number of hydrogen-bond donors (Lipinski definition) is 4. The number of fused-ring (bicyclic) bond motifs is 9. The highest BCUT2D eigenvalue weighted by Crippen LogP contribution is 2.69. The molecular formula is C54H74FNO7. The van der Waals surface area contributed by atoms with E-state index in [1.165, 1.54) is 11.1 Å². The predicted molar refractivity (Wildman–Crippen MR) is 242 cm³/mol. The Labute approximate surface area is 375 Å². The van der Waals surface area contributed by atoms with Gasteiger partial charge in [0.25, 0.3) is 0 Å². The Kier molecular flexibility index (Phi) is 12.0. The van der Waals surface area contributed by atoms with E-state index in [0.29, 0.717) is 62.8 Å². The number of aliphatic hydroxyl groups excluding tert-OH is 2. The molecule has 0 heterocycles. The minimum Gasteiger partial charge on any atom is -0.481 e. The largest absolute Gasteiger partial charge is 0.481 e. The fourth-order valence-corrected chi connectivity index (χ4v) is 16.7. The summed E-state index contributed by atoms with van der Waals surface area (Å²) in [4.78, 5) is 25.9. The number of ether oxygens (including phenoxy) is 1. The highest BCUT2D eigenvalue weighted by atomic mass is 19.1. The van der Waals surface area contributed by atoms with Gasteiger partial charge in [0, 0.05) is 37.8 Å². The molecule has 2 unspecified atom stereocenters. The first kappa shape index (κ1) is 45.1. The van der Waals surface area contributed by atoms with Crippen molar-refractivity contribution in [2.75, 3.05) is 25.1 Å². The Morgan fingerprint density at radius 3 is 2.54 bits per heavy atom. The molecule has 0 amide bonds. The number of halogens is 1. The maximum atomic E-state index is 16.5.